The fourth-order valence-corrected chi connectivity index (χ4v) is 3.89. The van der Waals surface area contributed by atoms with Crippen LogP contribution in [0.25, 0.3) is 33.0 Å². The zero-order valence-corrected chi connectivity index (χ0v) is 17.8. The van der Waals surface area contributed by atoms with Crippen LogP contribution in [0.3, 0.4) is 0 Å². The second kappa shape index (κ2) is 8.92. The lowest BCUT2D eigenvalue weighted by Gasteiger charge is -2.17. The van der Waals surface area contributed by atoms with Gasteiger partial charge in [0.1, 0.15) is 17.2 Å². The third-order valence-electron chi connectivity index (χ3n) is 5.38. The van der Waals surface area contributed by atoms with E-state index in [9.17, 15) is 4.79 Å². The average molecular weight is 412 g/mol. The molecule has 0 heterocycles. The van der Waals surface area contributed by atoms with Gasteiger partial charge in [-0.05, 0) is 70.8 Å². The van der Waals surface area contributed by atoms with E-state index in [1.54, 1.807) is 26.4 Å². The first-order chi connectivity index (χ1) is 15.2. The molecule has 0 saturated carbocycles. The Labute approximate surface area is 182 Å². The number of methoxy groups -OCH3 is 2. The van der Waals surface area contributed by atoms with Gasteiger partial charge < -0.3 is 14.2 Å². The number of para-hydroxylation sites is 1. The van der Waals surface area contributed by atoms with E-state index in [0.29, 0.717) is 17.9 Å². The molecular formula is C27H24O4. The highest BCUT2D eigenvalue weighted by atomic mass is 16.5. The zero-order valence-electron chi connectivity index (χ0n) is 17.8. The number of hydrogen-bond donors (Lipinski definition) is 0. The third kappa shape index (κ3) is 3.84. The number of ether oxygens (including phenoxy) is 3. The maximum absolute atomic E-state index is 11.8. The normalized spacial score (nSPS) is 10.7. The first-order valence-electron chi connectivity index (χ1n) is 10.2. The van der Waals surface area contributed by atoms with Gasteiger partial charge in [-0.25, -0.2) is 0 Å². The summed E-state index contributed by atoms with van der Waals surface area (Å²) < 4.78 is 16.8. The van der Waals surface area contributed by atoms with Gasteiger partial charge >= 0.3 is 0 Å². The number of carbonyl (C=O) groups is 1. The molecular weight excluding hydrogens is 388 g/mol. The average Bonchev–Trinajstić information content (AvgIpc) is 2.83. The van der Waals surface area contributed by atoms with Gasteiger partial charge in [0.05, 0.1) is 20.8 Å². The van der Waals surface area contributed by atoms with E-state index in [1.807, 2.05) is 49.4 Å². The molecule has 0 aliphatic carbocycles. The Balaban J connectivity index is 2.03. The summed E-state index contributed by atoms with van der Waals surface area (Å²) in [5.41, 5.74) is 4.44. The van der Waals surface area contributed by atoms with E-state index < -0.39 is 0 Å². The number of carbonyl (C=O) groups excluding carboxylic acids is 1. The molecule has 0 aliphatic heterocycles. The molecule has 156 valence electrons. The van der Waals surface area contributed by atoms with E-state index in [-0.39, 0.29) is 0 Å². The van der Waals surface area contributed by atoms with Gasteiger partial charge in [-0.15, -0.1) is 0 Å². The molecule has 4 rings (SSSR count). The summed E-state index contributed by atoms with van der Waals surface area (Å²) in [6.45, 7) is 2.56. The van der Waals surface area contributed by atoms with Crippen LogP contribution in [0.1, 0.15) is 17.3 Å². The largest absolute Gasteiger partial charge is 0.497 e. The molecule has 0 unspecified atom stereocenters. The standard InChI is InChI=1S/C27H24O4/c1-4-31-27-8-6-5-7-24(27)23-14-13-21(22-12-11-20(30-3)16-26(22)23)25-15-19(29-2)10-9-18(25)17-28/h5-17H,4H2,1-3H3. The molecule has 4 aromatic rings. The van der Waals surface area contributed by atoms with Crippen molar-refractivity contribution in [3.63, 3.8) is 0 Å². The fraction of sp³-hybridized carbons (Fsp3) is 0.148. The minimum absolute atomic E-state index is 0.586. The van der Waals surface area contributed by atoms with Crippen LogP contribution in [0.4, 0.5) is 0 Å². The van der Waals surface area contributed by atoms with E-state index in [1.165, 1.54) is 0 Å². The molecule has 0 aromatic heterocycles. The molecule has 4 aromatic carbocycles. The Morgan fingerprint density at radius 2 is 1.39 bits per heavy atom. The van der Waals surface area contributed by atoms with Crippen molar-refractivity contribution in [2.75, 3.05) is 20.8 Å². The number of benzene rings is 4. The van der Waals surface area contributed by atoms with Crippen molar-refractivity contribution >= 4 is 17.1 Å². The van der Waals surface area contributed by atoms with Gasteiger partial charge in [0, 0.05) is 11.1 Å². The maximum atomic E-state index is 11.8. The van der Waals surface area contributed by atoms with Crippen LogP contribution < -0.4 is 14.2 Å². The molecule has 0 spiro atoms. The van der Waals surface area contributed by atoms with Crippen LogP contribution in [0, 0.1) is 0 Å². The lowest BCUT2D eigenvalue weighted by molar-refractivity contribution is 0.112. The summed E-state index contributed by atoms with van der Waals surface area (Å²) in [5.74, 6) is 2.30. The molecule has 31 heavy (non-hydrogen) atoms. The lowest BCUT2D eigenvalue weighted by atomic mass is 9.90. The van der Waals surface area contributed by atoms with Crippen LogP contribution in [-0.4, -0.2) is 27.1 Å². The fourth-order valence-electron chi connectivity index (χ4n) is 3.89. The van der Waals surface area contributed by atoms with E-state index in [2.05, 4.69) is 18.2 Å². The second-order valence-electron chi connectivity index (χ2n) is 7.07. The molecule has 0 fully saturated rings. The quantitative estimate of drug-likeness (QED) is 0.329. The van der Waals surface area contributed by atoms with Crippen LogP contribution in [0.5, 0.6) is 17.2 Å². The minimum atomic E-state index is 0.586. The molecule has 4 nitrogen and oxygen atoms in total. The summed E-state index contributed by atoms with van der Waals surface area (Å²) in [5, 5.41) is 2.03. The van der Waals surface area contributed by atoms with Gasteiger partial charge in [0.2, 0.25) is 0 Å². The van der Waals surface area contributed by atoms with Crippen LogP contribution >= 0.6 is 0 Å². The molecule has 0 radical (unpaired) electrons. The lowest BCUT2D eigenvalue weighted by Crippen LogP contribution is -1.96. The highest BCUT2D eigenvalue weighted by Crippen LogP contribution is 2.41. The predicted octanol–water partition coefficient (Wildman–Crippen LogP) is 6.40. The molecule has 0 bridgehead atoms. The predicted molar refractivity (Wildman–Crippen MR) is 124 cm³/mol. The SMILES string of the molecule is CCOc1ccccc1-c1ccc(-c2cc(OC)ccc2C=O)c2ccc(OC)cc12. The first-order valence-corrected chi connectivity index (χ1v) is 10.2. The first kappa shape index (κ1) is 20.5. The Hall–Kier alpha value is -3.79. The summed E-state index contributed by atoms with van der Waals surface area (Å²) in [6, 6.07) is 23.6. The van der Waals surface area contributed by atoms with Crippen molar-refractivity contribution in [2.45, 2.75) is 6.92 Å². The van der Waals surface area contributed by atoms with Crippen molar-refractivity contribution in [3.05, 3.63) is 78.4 Å². The molecule has 4 heteroatoms. The molecule has 0 amide bonds. The highest BCUT2D eigenvalue weighted by molar-refractivity contribution is 6.08. The molecule has 0 N–H and O–H groups in total. The molecule has 0 aliphatic rings. The smallest absolute Gasteiger partial charge is 0.150 e. The van der Waals surface area contributed by atoms with Gasteiger partial charge in [0.15, 0.2) is 6.29 Å². The molecule has 0 saturated heterocycles. The summed E-state index contributed by atoms with van der Waals surface area (Å²) in [4.78, 5) is 11.8. The van der Waals surface area contributed by atoms with Crippen molar-refractivity contribution in [1.82, 2.24) is 0 Å². The third-order valence-corrected chi connectivity index (χ3v) is 5.38. The number of hydrogen-bond acceptors (Lipinski definition) is 4. The summed E-state index contributed by atoms with van der Waals surface area (Å²) >= 11 is 0. The monoisotopic (exact) mass is 412 g/mol. The number of fused-ring (bicyclic) bond motifs is 1. The van der Waals surface area contributed by atoms with Crippen LogP contribution in [0.15, 0.2) is 72.8 Å². The van der Waals surface area contributed by atoms with Gasteiger partial charge in [0.25, 0.3) is 0 Å². The highest BCUT2D eigenvalue weighted by Gasteiger charge is 2.16. The summed E-state index contributed by atoms with van der Waals surface area (Å²) in [7, 11) is 3.28. The van der Waals surface area contributed by atoms with E-state index in [4.69, 9.17) is 14.2 Å². The Morgan fingerprint density at radius 1 is 0.710 bits per heavy atom. The van der Waals surface area contributed by atoms with Crippen molar-refractivity contribution in [2.24, 2.45) is 0 Å². The van der Waals surface area contributed by atoms with E-state index >= 15 is 0 Å². The second-order valence-corrected chi connectivity index (χ2v) is 7.07. The Kier molecular flexibility index (Phi) is 5.89. The summed E-state index contributed by atoms with van der Waals surface area (Å²) in [6.07, 6.45) is 0.877. The van der Waals surface area contributed by atoms with Crippen molar-refractivity contribution < 1.29 is 19.0 Å². The Morgan fingerprint density at radius 3 is 2.10 bits per heavy atom. The van der Waals surface area contributed by atoms with Crippen molar-refractivity contribution in [3.8, 4) is 39.5 Å². The van der Waals surface area contributed by atoms with Crippen LogP contribution in [0.2, 0.25) is 0 Å². The zero-order chi connectivity index (χ0) is 21.8. The topological polar surface area (TPSA) is 44.8 Å². The van der Waals surface area contributed by atoms with Gasteiger partial charge in [-0.1, -0.05) is 36.4 Å². The van der Waals surface area contributed by atoms with E-state index in [0.717, 1.165) is 50.8 Å². The van der Waals surface area contributed by atoms with Gasteiger partial charge in [-0.3, -0.25) is 4.79 Å². The van der Waals surface area contributed by atoms with Crippen LogP contribution in [-0.2, 0) is 0 Å². The van der Waals surface area contributed by atoms with Gasteiger partial charge in [-0.2, -0.15) is 0 Å². The number of rotatable bonds is 7. The van der Waals surface area contributed by atoms with Crippen molar-refractivity contribution in [1.29, 1.82) is 0 Å². The number of aldehydes is 1. The molecule has 0 atom stereocenters. The minimum Gasteiger partial charge on any atom is -0.497 e. The maximum Gasteiger partial charge on any atom is 0.150 e. The Bertz CT molecular complexity index is 1240.